The highest BCUT2D eigenvalue weighted by molar-refractivity contribution is 5.86. The van der Waals surface area contributed by atoms with Crippen molar-refractivity contribution < 1.29 is 23.9 Å². The number of phenols is 1. The van der Waals surface area contributed by atoms with Gasteiger partial charge in [-0.15, -0.1) is 0 Å². The molecule has 3 aromatic rings. The van der Waals surface area contributed by atoms with E-state index in [9.17, 15) is 9.90 Å². The third kappa shape index (κ3) is 3.23. The van der Waals surface area contributed by atoms with Crippen LogP contribution in [-0.2, 0) is 6.54 Å². The predicted octanol–water partition coefficient (Wildman–Crippen LogP) is 1.83. The van der Waals surface area contributed by atoms with Gasteiger partial charge >= 0.3 is 5.63 Å². The number of ether oxygens (including phenoxy) is 2. The zero-order valence-corrected chi connectivity index (χ0v) is 15.3. The second-order valence-corrected chi connectivity index (χ2v) is 6.38. The van der Waals surface area contributed by atoms with Crippen LogP contribution in [0.5, 0.6) is 17.2 Å². The summed E-state index contributed by atoms with van der Waals surface area (Å²) < 4.78 is 16.2. The van der Waals surface area contributed by atoms with E-state index in [1.54, 1.807) is 43.5 Å². The van der Waals surface area contributed by atoms with Gasteiger partial charge in [-0.25, -0.2) is 4.79 Å². The minimum atomic E-state index is -0.485. The van der Waals surface area contributed by atoms with Gasteiger partial charge in [0.05, 0.1) is 39.4 Å². The Hall–Kier alpha value is -2.99. The highest BCUT2D eigenvalue weighted by Crippen LogP contribution is 2.34. The van der Waals surface area contributed by atoms with Gasteiger partial charge in [0.1, 0.15) is 23.8 Å². The zero-order chi connectivity index (χ0) is 18.8. The van der Waals surface area contributed by atoms with E-state index in [-0.39, 0.29) is 5.75 Å². The maximum Gasteiger partial charge on any atom is 0.344 e. The van der Waals surface area contributed by atoms with Crippen LogP contribution < -0.4 is 20.0 Å². The molecule has 6 nitrogen and oxygen atoms in total. The second kappa shape index (κ2) is 7.09. The topological polar surface area (TPSA) is 73.3 Å². The van der Waals surface area contributed by atoms with E-state index in [0.717, 1.165) is 10.3 Å². The van der Waals surface area contributed by atoms with E-state index >= 15 is 0 Å². The Morgan fingerprint density at radius 2 is 1.81 bits per heavy atom. The molecule has 0 aliphatic rings. The standard InChI is InChI=1S/C20H21NO5/c1-21(2)11-16-17(22)8-5-12-9-15(20(23)26-19(12)16)14-7-6-13(24-3)10-18(14)25-4/h5-10,22H,11H2,1-4H3/p+1. The quantitative estimate of drug-likeness (QED) is 0.683. The van der Waals surface area contributed by atoms with Gasteiger partial charge in [-0.3, -0.25) is 0 Å². The van der Waals surface area contributed by atoms with Gasteiger partial charge in [-0.05, 0) is 30.3 Å². The van der Waals surface area contributed by atoms with Crippen LogP contribution in [0.3, 0.4) is 0 Å². The van der Waals surface area contributed by atoms with E-state index in [2.05, 4.69) is 0 Å². The largest absolute Gasteiger partial charge is 0.507 e. The molecular weight excluding hydrogens is 334 g/mol. The van der Waals surface area contributed by atoms with Crippen LogP contribution in [0.2, 0.25) is 0 Å². The number of benzene rings is 2. The summed E-state index contributed by atoms with van der Waals surface area (Å²) >= 11 is 0. The summed E-state index contributed by atoms with van der Waals surface area (Å²) in [5, 5.41) is 10.9. The molecule has 0 unspecified atom stereocenters. The highest BCUT2D eigenvalue weighted by atomic mass is 16.5. The third-order valence-electron chi connectivity index (χ3n) is 4.21. The van der Waals surface area contributed by atoms with E-state index in [0.29, 0.717) is 40.3 Å². The lowest BCUT2D eigenvalue weighted by Gasteiger charge is -2.13. The average Bonchev–Trinajstić information content (AvgIpc) is 2.63. The lowest BCUT2D eigenvalue weighted by molar-refractivity contribution is -0.872. The van der Waals surface area contributed by atoms with E-state index in [1.165, 1.54) is 7.11 Å². The summed E-state index contributed by atoms with van der Waals surface area (Å²) in [4.78, 5) is 13.8. The number of quaternary nitrogens is 1. The van der Waals surface area contributed by atoms with Crippen LogP contribution >= 0.6 is 0 Å². The summed E-state index contributed by atoms with van der Waals surface area (Å²) in [5.74, 6) is 1.28. The fourth-order valence-electron chi connectivity index (χ4n) is 2.96. The molecule has 0 bridgehead atoms. The molecule has 2 N–H and O–H groups in total. The summed E-state index contributed by atoms with van der Waals surface area (Å²) in [5.41, 5.74) is 1.56. The van der Waals surface area contributed by atoms with Gasteiger partial charge < -0.3 is 23.9 Å². The smallest absolute Gasteiger partial charge is 0.344 e. The summed E-state index contributed by atoms with van der Waals surface area (Å²) in [6.45, 7) is 0.539. The first kappa shape index (κ1) is 17.8. The van der Waals surface area contributed by atoms with Gasteiger partial charge in [0.2, 0.25) is 0 Å². The number of methoxy groups -OCH3 is 2. The summed E-state index contributed by atoms with van der Waals surface area (Å²) in [7, 11) is 7.04. The Kier molecular flexibility index (Phi) is 4.86. The lowest BCUT2D eigenvalue weighted by atomic mass is 10.0. The van der Waals surface area contributed by atoms with Crippen LogP contribution in [0.4, 0.5) is 0 Å². The predicted molar refractivity (Wildman–Crippen MR) is 99.2 cm³/mol. The first-order valence-corrected chi connectivity index (χ1v) is 8.24. The van der Waals surface area contributed by atoms with Crippen LogP contribution in [0.1, 0.15) is 5.56 Å². The minimum Gasteiger partial charge on any atom is -0.507 e. The van der Waals surface area contributed by atoms with Crippen molar-refractivity contribution >= 4 is 11.0 Å². The molecule has 0 radical (unpaired) electrons. The fourth-order valence-corrected chi connectivity index (χ4v) is 2.96. The fraction of sp³-hybridized carbons (Fsp3) is 0.250. The maximum absolute atomic E-state index is 12.7. The Morgan fingerprint density at radius 3 is 2.46 bits per heavy atom. The minimum absolute atomic E-state index is 0.122. The lowest BCUT2D eigenvalue weighted by Crippen LogP contribution is -3.04. The molecule has 0 aliphatic carbocycles. The normalized spacial score (nSPS) is 11.1. The number of aromatic hydroxyl groups is 1. The number of phenolic OH excluding ortho intramolecular Hbond substituents is 1. The number of rotatable bonds is 5. The maximum atomic E-state index is 12.7. The highest BCUT2D eigenvalue weighted by Gasteiger charge is 2.18. The second-order valence-electron chi connectivity index (χ2n) is 6.38. The Morgan fingerprint density at radius 1 is 1.04 bits per heavy atom. The van der Waals surface area contributed by atoms with Crippen LogP contribution in [0.15, 0.2) is 45.6 Å². The van der Waals surface area contributed by atoms with Crippen LogP contribution in [0, 0.1) is 0 Å². The van der Waals surface area contributed by atoms with Crippen LogP contribution in [0.25, 0.3) is 22.1 Å². The SMILES string of the molecule is COc1ccc(-c2cc3ccc(O)c(C[NH+](C)C)c3oc2=O)c(OC)c1. The molecule has 0 amide bonds. The summed E-state index contributed by atoms with van der Waals surface area (Å²) in [6.07, 6.45) is 0. The number of nitrogens with one attached hydrogen (secondary N) is 1. The van der Waals surface area contributed by atoms with E-state index < -0.39 is 5.63 Å². The van der Waals surface area contributed by atoms with Crippen molar-refractivity contribution in [2.24, 2.45) is 0 Å². The van der Waals surface area contributed by atoms with Gasteiger partial charge in [-0.1, -0.05) is 0 Å². The molecule has 2 aromatic carbocycles. The monoisotopic (exact) mass is 356 g/mol. The van der Waals surface area contributed by atoms with Crippen molar-refractivity contribution in [3.05, 3.63) is 52.4 Å². The number of fused-ring (bicyclic) bond motifs is 1. The molecule has 0 aliphatic heterocycles. The van der Waals surface area contributed by atoms with Crippen molar-refractivity contribution in [3.8, 4) is 28.4 Å². The molecule has 6 heteroatoms. The zero-order valence-electron chi connectivity index (χ0n) is 15.3. The van der Waals surface area contributed by atoms with Crippen molar-refractivity contribution in [2.45, 2.75) is 6.54 Å². The van der Waals surface area contributed by atoms with Crippen molar-refractivity contribution in [1.82, 2.24) is 0 Å². The first-order valence-electron chi connectivity index (χ1n) is 8.24. The first-order chi connectivity index (χ1) is 12.4. The average molecular weight is 356 g/mol. The van der Waals surface area contributed by atoms with Crippen LogP contribution in [-0.4, -0.2) is 33.4 Å². The Labute approximate surface area is 151 Å². The molecule has 0 atom stereocenters. The van der Waals surface area contributed by atoms with E-state index in [1.807, 2.05) is 14.1 Å². The molecule has 1 heterocycles. The molecule has 0 saturated heterocycles. The summed E-state index contributed by atoms with van der Waals surface area (Å²) in [6, 6.07) is 10.4. The molecule has 1 aromatic heterocycles. The Balaban J connectivity index is 2.22. The molecule has 0 spiro atoms. The molecule has 26 heavy (non-hydrogen) atoms. The van der Waals surface area contributed by atoms with Gasteiger partial charge in [0.15, 0.2) is 5.58 Å². The molecule has 136 valence electrons. The molecule has 3 rings (SSSR count). The molecule has 0 saturated carbocycles. The Bertz CT molecular complexity index is 1010. The van der Waals surface area contributed by atoms with Gasteiger partial charge in [0.25, 0.3) is 0 Å². The van der Waals surface area contributed by atoms with Gasteiger partial charge in [-0.2, -0.15) is 0 Å². The van der Waals surface area contributed by atoms with Crippen molar-refractivity contribution in [3.63, 3.8) is 0 Å². The van der Waals surface area contributed by atoms with Crippen molar-refractivity contribution in [2.75, 3.05) is 28.3 Å². The number of hydrogen-bond acceptors (Lipinski definition) is 5. The number of hydrogen-bond donors (Lipinski definition) is 2. The van der Waals surface area contributed by atoms with Crippen molar-refractivity contribution in [1.29, 1.82) is 0 Å². The third-order valence-corrected chi connectivity index (χ3v) is 4.21. The van der Waals surface area contributed by atoms with E-state index in [4.69, 9.17) is 13.9 Å². The molecular formula is C20H22NO5+. The molecule has 0 fully saturated rings. The van der Waals surface area contributed by atoms with Gasteiger partial charge in [0, 0.05) is 17.0 Å².